The molecule has 0 spiro atoms. The van der Waals surface area contributed by atoms with Crippen molar-refractivity contribution in [2.45, 2.75) is 19.9 Å². The molecule has 2 aromatic rings. The van der Waals surface area contributed by atoms with E-state index < -0.39 is 0 Å². The van der Waals surface area contributed by atoms with Gasteiger partial charge in [0.15, 0.2) is 5.22 Å². The van der Waals surface area contributed by atoms with Crippen LogP contribution >= 0.6 is 11.6 Å². The van der Waals surface area contributed by atoms with E-state index in [0.717, 1.165) is 29.5 Å². The largest absolute Gasteiger partial charge is 0.444 e. The maximum absolute atomic E-state index is 6.07. The highest BCUT2D eigenvalue weighted by atomic mass is 35.5. The van der Waals surface area contributed by atoms with Gasteiger partial charge in [0, 0.05) is 30.5 Å². The molecule has 88 valence electrons. The maximum Gasteiger partial charge on any atom is 0.199 e. The molecule has 0 fully saturated rings. The van der Waals surface area contributed by atoms with E-state index >= 15 is 0 Å². The predicted octanol–water partition coefficient (Wildman–Crippen LogP) is 3.59. The first kappa shape index (κ1) is 12.0. The van der Waals surface area contributed by atoms with Crippen molar-refractivity contribution in [2.24, 2.45) is 0 Å². The fourth-order valence-corrected chi connectivity index (χ4v) is 1.97. The first-order valence-corrected chi connectivity index (χ1v) is 5.97. The van der Waals surface area contributed by atoms with Gasteiger partial charge in [-0.1, -0.05) is 18.2 Å². The van der Waals surface area contributed by atoms with Crippen LogP contribution in [0.5, 0.6) is 0 Å². The van der Waals surface area contributed by atoms with Crippen molar-refractivity contribution in [2.75, 3.05) is 6.54 Å². The summed E-state index contributed by atoms with van der Waals surface area (Å²) >= 11 is 6.07. The minimum atomic E-state index is 0.472. The van der Waals surface area contributed by atoms with Crippen molar-refractivity contribution in [1.29, 1.82) is 0 Å². The smallest absolute Gasteiger partial charge is 0.199 e. The number of rotatable bonds is 4. The molecular weight excluding hydrogens is 234 g/mol. The Balaban J connectivity index is 2.06. The summed E-state index contributed by atoms with van der Waals surface area (Å²) in [6.45, 7) is 3.42. The van der Waals surface area contributed by atoms with Crippen molar-refractivity contribution in [1.82, 2.24) is 5.32 Å². The number of fused-ring (bicyclic) bond motifs is 1. The third-order valence-electron chi connectivity index (χ3n) is 2.55. The van der Waals surface area contributed by atoms with Crippen LogP contribution in [0, 0.1) is 11.8 Å². The number of hydrogen-bond donors (Lipinski definition) is 1. The lowest BCUT2D eigenvalue weighted by atomic mass is 10.2. The van der Waals surface area contributed by atoms with Gasteiger partial charge in [-0.25, -0.2) is 0 Å². The molecule has 0 saturated heterocycles. The van der Waals surface area contributed by atoms with E-state index in [9.17, 15) is 0 Å². The van der Waals surface area contributed by atoms with Crippen LogP contribution in [-0.2, 0) is 6.54 Å². The molecule has 0 radical (unpaired) electrons. The van der Waals surface area contributed by atoms with E-state index in [1.165, 1.54) is 0 Å². The molecule has 3 heteroatoms. The summed E-state index contributed by atoms with van der Waals surface area (Å²) in [7, 11) is 0. The second-order valence-electron chi connectivity index (χ2n) is 3.70. The van der Waals surface area contributed by atoms with Crippen LogP contribution in [0.15, 0.2) is 28.7 Å². The lowest BCUT2D eigenvalue weighted by molar-refractivity contribution is 0.605. The monoisotopic (exact) mass is 247 g/mol. The first-order chi connectivity index (χ1) is 8.33. The Kier molecular flexibility index (Phi) is 4.08. The summed E-state index contributed by atoms with van der Waals surface area (Å²) < 4.78 is 5.47. The van der Waals surface area contributed by atoms with Crippen LogP contribution in [-0.4, -0.2) is 6.54 Å². The topological polar surface area (TPSA) is 25.2 Å². The average molecular weight is 248 g/mol. The normalized spacial score (nSPS) is 10.2. The molecule has 0 aliphatic heterocycles. The van der Waals surface area contributed by atoms with E-state index in [-0.39, 0.29) is 0 Å². The zero-order valence-corrected chi connectivity index (χ0v) is 10.5. The quantitative estimate of drug-likeness (QED) is 0.660. The Morgan fingerprint density at radius 2 is 2.18 bits per heavy atom. The van der Waals surface area contributed by atoms with Gasteiger partial charge in [-0.2, -0.15) is 0 Å². The summed E-state index contributed by atoms with van der Waals surface area (Å²) in [5.41, 5.74) is 1.86. The summed E-state index contributed by atoms with van der Waals surface area (Å²) in [6.07, 6.45) is 0.851. The highest BCUT2D eigenvalue weighted by Crippen LogP contribution is 2.29. The van der Waals surface area contributed by atoms with Gasteiger partial charge < -0.3 is 9.73 Å². The maximum atomic E-state index is 6.07. The second kappa shape index (κ2) is 5.77. The highest BCUT2D eigenvalue weighted by Gasteiger charge is 2.10. The molecule has 2 nitrogen and oxygen atoms in total. The molecule has 0 saturated carbocycles. The lowest BCUT2D eigenvalue weighted by Crippen LogP contribution is -2.14. The Bertz CT molecular complexity index is 562. The zero-order valence-electron chi connectivity index (χ0n) is 9.72. The molecule has 0 amide bonds. The standard InChI is InChI=1S/C14H14ClNO/c1-2-3-6-9-16-10-12-11-7-4-5-8-13(11)17-14(12)15/h4-5,7-8,16H,6,9-10H2,1H3. The molecule has 1 aromatic carbocycles. The molecule has 1 heterocycles. The SMILES string of the molecule is CC#CCCNCc1c(Cl)oc2ccccc12. The van der Waals surface area contributed by atoms with Gasteiger partial charge in [-0.05, 0) is 24.6 Å². The van der Waals surface area contributed by atoms with Crippen LogP contribution in [0.2, 0.25) is 5.22 Å². The van der Waals surface area contributed by atoms with E-state index in [4.69, 9.17) is 16.0 Å². The molecule has 2 rings (SSSR count). The highest BCUT2D eigenvalue weighted by molar-refractivity contribution is 6.30. The molecule has 1 N–H and O–H groups in total. The van der Waals surface area contributed by atoms with Crippen LogP contribution in [0.1, 0.15) is 18.9 Å². The van der Waals surface area contributed by atoms with Crippen molar-refractivity contribution in [3.05, 3.63) is 35.0 Å². The molecule has 17 heavy (non-hydrogen) atoms. The number of hydrogen-bond acceptors (Lipinski definition) is 2. The van der Waals surface area contributed by atoms with Crippen molar-refractivity contribution in [3.63, 3.8) is 0 Å². The van der Waals surface area contributed by atoms with Gasteiger partial charge in [-0.15, -0.1) is 11.8 Å². The molecule has 0 bridgehead atoms. The van der Waals surface area contributed by atoms with Gasteiger partial charge in [-0.3, -0.25) is 0 Å². The molecular formula is C14H14ClNO. The minimum absolute atomic E-state index is 0.472. The fourth-order valence-electron chi connectivity index (χ4n) is 1.72. The van der Waals surface area contributed by atoms with Gasteiger partial charge in [0.1, 0.15) is 5.58 Å². The third kappa shape index (κ3) is 2.82. The molecule has 0 unspecified atom stereocenters. The van der Waals surface area contributed by atoms with Crippen LogP contribution in [0.4, 0.5) is 0 Å². The Morgan fingerprint density at radius 3 is 3.00 bits per heavy atom. The number of benzene rings is 1. The lowest BCUT2D eigenvalue weighted by Gasteiger charge is -2.00. The van der Waals surface area contributed by atoms with E-state index in [0.29, 0.717) is 11.8 Å². The van der Waals surface area contributed by atoms with Crippen LogP contribution < -0.4 is 5.32 Å². The zero-order chi connectivity index (χ0) is 12.1. The number of furan rings is 1. The van der Waals surface area contributed by atoms with Crippen molar-refractivity contribution < 1.29 is 4.42 Å². The van der Waals surface area contributed by atoms with Crippen molar-refractivity contribution >= 4 is 22.6 Å². The number of para-hydroxylation sites is 1. The summed E-state index contributed by atoms with van der Waals surface area (Å²) in [5, 5.41) is 4.86. The van der Waals surface area contributed by atoms with Gasteiger partial charge in [0.05, 0.1) is 0 Å². The average Bonchev–Trinajstić information content (AvgIpc) is 2.65. The molecule has 0 atom stereocenters. The second-order valence-corrected chi connectivity index (χ2v) is 4.05. The van der Waals surface area contributed by atoms with Crippen LogP contribution in [0.3, 0.4) is 0 Å². The van der Waals surface area contributed by atoms with E-state index in [1.54, 1.807) is 0 Å². The van der Waals surface area contributed by atoms with E-state index in [2.05, 4.69) is 17.2 Å². The summed E-state index contributed by atoms with van der Waals surface area (Å²) in [4.78, 5) is 0. The van der Waals surface area contributed by atoms with Crippen molar-refractivity contribution in [3.8, 4) is 11.8 Å². The van der Waals surface area contributed by atoms with Crippen LogP contribution in [0.25, 0.3) is 11.0 Å². The van der Waals surface area contributed by atoms with E-state index in [1.807, 2.05) is 31.2 Å². The Labute approximate surface area is 106 Å². The number of halogens is 1. The fraction of sp³-hybridized carbons (Fsp3) is 0.286. The molecule has 0 aliphatic rings. The summed E-state index contributed by atoms with van der Waals surface area (Å²) in [5.74, 6) is 5.88. The summed E-state index contributed by atoms with van der Waals surface area (Å²) in [6, 6.07) is 7.87. The van der Waals surface area contributed by atoms with Gasteiger partial charge in [0.2, 0.25) is 0 Å². The molecule has 1 aromatic heterocycles. The molecule has 0 aliphatic carbocycles. The van der Waals surface area contributed by atoms with Gasteiger partial charge >= 0.3 is 0 Å². The predicted molar refractivity (Wildman–Crippen MR) is 71.0 cm³/mol. The Hall–Kier alpha value is -1.43. The third-order valence-corrected chi connectivity index (χ3v) is 2.86. The van der Waals surface area contributed by atoms with Gasteiger partial charge in [0.25, 0.3) is 0 Å². The minimum Gasteiger partial charge on any atom is -0.444 e. The first-order valence-electron chi connectivity index (χ1n) is 5.59. The number of nitrogens with one attached hydrogen (secondary N) is 1. The Morgan fingerprint density at radius 1 is 1.35 bits per heavy atom.